The standard InChI is InChI=1S/C12H23O4P.C7H9O4P/c13-17(14,15-11-7-3-1-4-8-11)16-12-9-5-2-6-10-12;1-6-4-2-3-5-7(6)11-12(8,9)10/h11-12H,1-10H2,(H,13,14);2-5H,1H3,(H2,8,9,10). The van der Waals surface area contributed by atoms with Gasteiger partial charge in [-0.25, -0.2) is 9.13 Å². The molecule has 8 nitrogen and oxygen atoms in total. The maximum absolute atomic E-state index is 11.9. The van der Waals surface area contributed by atoms with Gasteiger partial charge in [0.2, 0.25) is 0 Å². The van der Waals surface area contributed by atoms with Crippen molar-refractivity contribution in [3.63, 3.8) is 0 Å². The number of phosphoric ester groups is 2. The van der Waals surface area contributed by atoms with Gasteiger partial charge in [-0.2, -0.15) is 0 Å². The van der Waals surface area contributed by atoms with Crippen molar-refractivity contribution in [2.75, 3.05) is 0 Å². The third-order valence-electron chi connectivity index (χ3n) is 4.98. The molecule has 0 heterocycles. The fourth-order valence-corrected chi connectivity index (χ4v) is 5.22. The van der Waals surface area contributed by atoms with Crippen LogP contribution >= 0.6 is 15.6 Å². The summed E-state index contributed by atoms with van der Waals surface area (Å²) < 4.78 is 37.2. The van der Waals surface area contributed by atoms with Gasteiger partial charge in [0.25, 0.3) is 0 Å². The lowest BCUT2D eigenvalue weighted by Gasteiger charge is -2.27. The second kappa shape index (κ2) is 11.6. The molecule has 10 heteroatoms. The SMILES string of the molecule is Cc1ccccc1OP(=O)(O)O.O=P(O)(OC1CCCCC1)OC1CCCCC1. The van der Waals surface area contributed by atoms with Crippen LogP contribution in [0.15, 0.2) is 24.3 Å². The Bertz CT molecular complexity index is 684. The molecular weight excluding hydrogens is 418 g/mol. The van der Waals surface area contributed by atoms with Gasteiger partial charge in [0.05, 0.1) is 12.2 Å². The lowest BCUT2D eigenvalue weighted by atomic mass is 9.98. The first-order valence-corrected chi connectivity index (χ1v) is 13.2. The van der Waals surface area contributed by atoms with E-state index < -0.39 is 15.6 Å². The normalized spacial score (nSPS) is 19.3. The van der Waals surface area contributed by atoms with Gasteiger partial charge in [-0.05, 0) is 44.2 Å². The predicted octanol–water partition coefficient (Wildman–Crippen LogP) is 5.25. The molecule has 0 bridgehead atoms. The van der Waals surface area contributed by atoms with Gasteiger partial charge in [0.15, 0.2) is 0 Å². The van der Waals surface area contributed by atoms with Crippen molar-refractivity contribution in [1.29, 1.82) is 0 Å². The van der Waals surface area contributed by atoms with E-state index in [1.807, 2.05) is 0 Å². The van der Waals surface area contributed by atoms with Crippen LogP contribution in [0.3, 0.4) is 0 Å². The number of hydrogen-bond acceptors (Lipinski definition) is 5. The average molecular weight is 450 g/mol. The molecule has 1 aromatic rings. The summed E-state index contributed by atoms with van der Waals surface area (Å²) in [6, 6.07) is 6.64. The maximum atomic E-state index is 11.9. The van der Waals surface area contributed by atoms with Gasteiger partial charge >= 0.3 is 15.6 Å². The van der Waals surface area contributed by atoms with Gasteiger partial charge in [-0.15, -0.1) is 0 Å². The molecule has 29 heavy (non-hydrogen) atoms. The van der Waals surface area contributed by atoms with Crippen molar-refractivity contribution < 1.29 is 37.4 Å². The minimum atomic E-state index is -4.41. The lowest BCUT2D eigenvalue weighted by Crippen LogP contribution is -2.20. The minimum absolute atomic E-state index is 0.0804. The summed E-state index contributed by atoms with van der Waals surface area (Å²) in [4.78, 5) is 26.7. The van der Waals surface area contributed by atoms with E-state index in [2.05, 4.69) is 4.52 Å². The lowest BCUT2D eigenvalue weighted by molar-refractivity contribution is 0.0476. The Morgan fingerprint density at radius 1 is 0.793 bits per heavy atom. The molecule has 3 N–H and O–H groups in total. The molecule has 166 valence electrons. The second-order valence-electron chi connectivity index (χ2n) is 7.55. The highest BCUT2D eigenvalue weighted by Gasteiger charge is 2.31. The molecule has 0 amide bonds. The van der Waals surface area contributed by atoms with Crippen LogP contribution in [-0.2, 0) is 18.2 Å². The van der Waals surface area contributed by atoms with E-state index in [-0.39, 0.29) is 18.0 Å². The minimum Gasteiger partial charge on any atom is -0.404 e. The Labute approximate surface area is 172 Å². The Hall–Kier alpha value is -0.720. The first-order valence-electron chi connectivity index (χ1n) is 10.1. The van der Waals surface area contributed by atoms with E-state index in [1.165, 1.54) is 18.9 Å². The number of para-hydroxylation sites is 1. The highest BCUT2D eigenvalue weighted by molar-refractivity contribution is 7.47. The molecule has 2 aliphatic rings. The van der Waals surface area contributed by atoms with Gasteiger partial charge < -0.3 is 9.42 Å². The van der Waals surface area contributed by atoms with Crippen molar-refractivity contribution in [3.05, 3.63) is 29.8 Å². The smallest absolute Gasteiger partial charge is 0.404 e. The molecule has 0 aromatic heterocycles. The summed E-state index contributed by atoms with van der Waals surface area (Å²) in [5, 5.41) is 0. The first-order chi connectivity index (χ1) is 13.6. The van der Waals surface area contributed by atoms with Crippen LogP contribution in [0.2, 0.25) is 0 Å². The molecule has 2 saturated carbocycles. The monoisotopic (exact) mass is 450 g/mol. The van der Waals surface area contributed by atoms with Crippen LogP contribution in [0.25, 0.3) is 0 Å². The molecule has 2 fully saturated rings. The molecule has 1 aromatic carbocycles. The Kier molecular flexibility index (Phi) is 9.83. The molecule has 0 radical (unpaired) electrons. The molecule has 0 unspecified atom stereocenters. The van der Waals surface area contributed by atoms with Gasteiger partial charge in [-0.1, -0.05) is 56.7 Å². The highest BCUT2D eigenvalue weighted by Crippen LogP contribution is 2.49. The second-order valence-corrected chi connectivity index (χ2v) is 10.1. The van der Waals surface area contributed by atoms with Crippen LogP contribution in [0, 0.1) is 6.92 Å². The Balaban J connectivity index is 0.000000221. The van der Waals surface area contributed by atoms with Crippen LogP contribution in [-0.4, -0.2) is 26.9 Å². The summed E-state index contributed by atoms with van der Waals surface area (Å²) in [5.41, 5.74) is 0.695. The number of phosphoric acid groups is 2. The maximum Gasteiger partial charge on any atom is 0.524 e. The van der Waals surface area contributed by atoms with Crippen molar-refractivity contribution in [2.24, 2.45) is 0 Å². The van der Waals surface area contributed by atoms with Gasteiger partial charge in [0, 0.05) is 0 Å². The molecule has 2 aliphatic carbocycles. The summed E-state index contributed by atoms with van der Waals surface area (Å²) in [6.07, 6.45) is 10.2. The Morgan fingerprint density at radius 3 is 1.66 bits per heavy atom. The Morgan fingerprint density at radius 2 is 1.24 bits per heavy atom. The predicted molar refractivity (Wildman–Crippen MR) is 110 cm³/mol. The summed E-state index contributed by atoms with van der Waals surface area (Å²) in [7, 11) is -8.24. The zero-order valence-corrected chi connectivity index (χ0v) is 18.6. The molecule has 3 rings (SSSR count). The highest BCUT2D eigenvalue weighted by atomic mass is 31.2. The van der Waals surface area contributed by atoms with E-state index >= 15 is 0 Å². The number of benzene rings is 1. The zero-order valence-electron chi connectivity index (χ0n) is 16.8. The van der Waals surface area contributed by atoms with Crippen molar-refractivity contribution in [2.45, 2.75) is 83.3 Å². The van der Waals surface area contributed by atoms with Gasteiger partial charge in [-0.3, -0.25) is 18.8 Å². The molecular formula is C19H32O8P2. The number of aryl methyl sites for hydroxylation is 1. The van der Waals surface area contributed by atoms with Crippen LogP contribution in [0.1, 0.15) is 69.8 Å². The fraction of sp³-hybridized carbons (Fsp3) is 0.684. The van der Waals surface area contributed by atoms with Gasteiger partial charge in [0.1, 0.15) is 5.75 Å². The third kappa shape index (κ3) is 10.2. The van der Waals surface area contributed by atoms with E-state index in [9.17, 15) is 14.0 Å². The van der Waals surface area contributed by atoms with Crippen LogP contribution < -0.4 is 4.52 Å². The number of hydrogen-bond donors (Lipinski definition) is 3. The third-order valence-corrected chi connectivity index (χ3v) is 6.54. The van der Waals surface area contributed by atoms with E-state index in [1.54, 1.807) is 25.1 Å². The topological polar surface area (TPSA) is 123 Å². The summed E-state index contributed by atoms with van der Waals surface area (Å²) in [5.74, 6) is 0.214. The first kappa shape index (κ1) is 24.5. The molecule has 0 saturated heterocycles. The van der Waals surface area contributed by atoms with E-state index in [4.69, 9.17) is 18.8 Å². The summed E-state index contributed by atoms with van der Waals surface area (Å²) in [6.45, 7) is 1.71. The molecule has 0 atom stereocenters. The van der Waals surface area contributed by atoms with Crippen LogP contribution in [0.5, 0.6) is 5.75 Å². The van der Waals surface area contributed by atoms with E-state index in [0.717, 1.165) is 51.4 Å². The number of rotatable bonds is 6. The molecule has 0 aliphatic heterocycles. The fourth-order valence-electron chi connectivity index (χ4n) is 3.53. The van der Waals surface area contributed by atoms with Crippen molar-refractivity contribution >= 4 is 15.6 Å². The van der Waals surface area contributed by atoms with Crippen molar-refractivity contribution in [1.82, 2.24) is 0 Å². The summed E-state index contributed by atoms with van der Waals surface area (Å²) >= 11 is 0. The molecule has 0 spiro atoms. The quantitative estimate of drug-likeness (QED) is 0.502. The zero-order chi connectivity index (χ0) is 21.3. The largest absolute Gasteiger partial charge is 0.524 e. The van der Waals surface area contributed by atoms with Crippen LogP contribution in [0.4, 0.5) is 0 Å². The average Bonchev–Trinajstić information content (AvgIpc) is 2.64. The van der Waals surface area contributed by atoms with Crippen molar-refractivity contribution in [3.8, 4) is 5.75 Å². The van der Waals surface area contributed by atoms with E-state index in [0.29, 0.717) is 5.56 Å².